The van der Waals surface area contributed by atoms with Crippen molar-refractivity contribution >= 4 is 11.9 Å². The fourth-order valence-electron chi connectivity index (χ4n) is 1.82. The second-order valence-corrected chi connectivity index (χ2v) is 6.57. The van der Waals surface area contributed by atoms with E-state index in [1.54, 1.807) is 24.3 Å². The predicted molar refractivity (Wildman–Crippen MR) is 99.5 cm³/mol. The first-order chi connectivity index (χ1) is 11.7. The molecule has 2 aromatic carbocycles. The summed E-state index contributed by atoms with van der Waals surface area (Å²) in [5.41, 5.74) is 6.61. The van der Waals surface area contributed by atoms with Gasteiger partial charge in [-0.15, -0.1) is 0 Å². The molecule has 0 radical (unpaired) electrons. The van der Waals surface area contributed by atoms with E-state index in [1.165, 1.54) is 0 Å². The second-order valence-electron chi connectivity index (χ2n) is 6.57. The Morgan fingerprint density at radius 2 is 1.56 bits per heavy atom. The summed E-state index contributed by atoms with van der Waals surface area (Å²) in [5, 5.41) is 2.70. The van der Waals surface area contributed by atoms with Gasteiger partial charge in [0, 0.05) is 5.54 Å². The first kappa shape index (κ1) is 20.4. The molecule has 0 unspecified atom stereocenters. The quantitative estimate of drug-likeness (QED) is 0.663. The maximum absolute atomic E-state index is 11.7. The van der Waals surface area contributed by atoms with Gasteiger partial charge < -0.3 is 15.8 Å². The molecule has 0 atom stereocenters. The highest BCUT2D eigenvalue weighted by Crippen LogP contribution is 2.13. The van der Waals surface area contributed by atoms with Gasteiger partial charge in [-0.1, -0.05) is 35.9 Å². The van der Waals surface area contributed by atoms with Crippen LogP contribution in [0.1, 0.15) is 36.7 Å². The Bertz CT molecular complexity index is 674. The van der Waals surface area contributed by atoms with E-state index in [0.29, 0.717) is 11.3 Å². The first-order valence-corrected chi connectivity index (χ1v) is 8.06. The topological polar surface area (TPSA) is 81.4 Å². The average Bonchev–Trinajstić information content (AvgIpc) is 2.57. The van der Waals surface area contributed by atoms with Crippen molar-refractivity contribution in [3.8, 4) is 5.75 Å². The van der Waals surface area contributed by atoms with Crippen LogP contribution < -0.4 is 15.8 Å². The van der Waals surface area contributed by atoms with Crippen molar-refractivity contribution in [3.63, 3.8) is 0 Å². The molecule has 0 aliphatic rings. The lowest BCUT2D eigenvalue weighted by atomic mass is 10.1. The van der Waals surface area contributed by atoms with Gasteiger partial charge in [-0.2, -0.15) is 0 Å². The Hall–Kier alpha value is -2.66. The summed E-state index contributed by atoms with van der Waals surface area (Å²) in [6.45, 7) is 7.81. The number of rotatable bonds is 3. The van der Waals surface area contributed by atoms with Crippen LogP contribution in [0.3, 0.4) is 0 Å². The van der Waals surface area contributed by atoms with Crippen LogP contribution in [0.25, 0.3) is 0 Å². The maximum Gasteiger partial charge on any atom is 0.343 e. The molecule has 5 heteroatoms. The van der Waals surface area contributed by atoms with Crippen LogP contribution in [0, 0.1) is 6.92 Å². The van der Waals surface area contributed by atoms with E-state index in [-0.39, 0.29) is 24.0 Å². The van der Waals surface area contributed by atoms with Crippen molar-refractivity contribution in [1.82, 2.24) is 5.32 Å². The van der Waals surface area contributed by atoms with Gasteiger partial charge in [0.2, 0.25) is 5.91 Å². The summed E-state index contributed by atoms with van der Waals surface area (Å²) >= 11 is 0. The van der Waals surface area contributed by atoms with Gasteiger partial charge in [0.1, 0.15) is 5.75 Å². The molecule has 0 fully saturated rings. The molecule has 0 aliphatic heterocycles. The minimum Gasteiger partial charge on any atom is -0.423 e. The average molecular weight is 342 g/mol. The summed E-state index contributed by atoms with van der Waals surface area (Å²) in [4.78, 5) is 22.3. The smallest absolute Gasteiger partial charge is 0.343 e. The molecule has 134 valence electrons. The molecule has 0 saturated carbocycles. The number of carbonyl (C=O) groups is 2. The minimum atomic E-state index is -0.329. The van der Waals surface area contributed by atoms with Crippen LogP contribution in [-0.4, -0.2) is 24.0 Å². The van der Waals surface area contributed by atoms with Gasteiger partial charge in [-0.05, 0) is 52.0 Å². The van der Waals surface area contributed by atoms with Crippen LogP contribution in [0.4, 0.5) is 0 Å². The molecule has 1 amide bonds. The SMILES string of the molecule is CC(C)(C)NC(=O)CN.Cc1ccc(OC(=O)c2ccccc2)cc1. The monoisotopic (exact) mass is 342 g/mol. The van der Waals surface area contributed by atoms with E-state index in [9.17, 15) is 9.59 Å². The maximum atomic E-state index is 11.7. The second kappa shape index (κ2) is 9.59. The number of esters is 1. The molecule has 0 heterocycles. The number of ether oxygens (including phenoxy) is 1. The Balaban J connectivity index is 0.000000299. The van der Waals surface area contributed by atoms with E-state index in [2.05, 4.69) is 5.32 Å². The zero-order chi connectivity index (χ0) is 18.9. The van der Waals surface area contributed by atoms with E-state index in [0.717, 1.165) is 5.56 Å². The number of benzene rings is 2. The number of aryl methyl sites for hydroxylation is 1. The summed E-state index contributed by atoms with van der Waals surface area (Å²) in [6.07, 6.45) is 0. The normalized spacial score (nSPS) is 10.3. The van der Waals surface area contributed by atoms with Crippen molar-refractivity contribution in [2.75, 3.05) is 6.54 Å². The number of amides is 1. The largest absolute Gasteiger partial charge is 0.423 e. The zero-order valence-electron chi connectivity index (χ0n) is 15.2. The minimum absolute atomic E-state index is 0.0667. The highest BCUT2D eigenvalue weighted by molar-refractivity contribution is 5.90. The third kappa shape index (κ3) is 8.67. The number of nitrogens with two attached hydrogens (primary N) is 1. The molecule has 0 saturated heterocycles. The summed E-state index contributed by atoms with van der Waals surface area (Å²) in [5.74, 6) is 0.131. The lowest BCUT2D eigenvalue weighted by Crippen LogP contribution is -2.43. The van der Waals surface area contributed by atoms with Crippen LogP contribution in [0.2, 0.25) is 0 Å². The van der Waals surface area contributed by atoms with Crippen molar-refractivity contribution in [3.05, 3.63) is 65.7 Å². The lowest BCUT2D eigenvalue weighted by molar-refractivity contribution is -0.121. The van der Waals surface area contributed by atoms with E-state index >= 15 is 0 Å². The number of hydrogen-bond acceptors (Lipinski definition) is 4. The lowest BCUT2D eigenvalue weighted by Gasteiger charge is -2.19. The van der Waals surface area contributed by atoms with Gasteiger partial charge in [0.05, 0.1) is 12.1 Å². The van der Waals surface area contributed by atoms with E-state index in [4.69, 9.17) is 10.5 Å². The Morgan fingerprint density at radius 1 is 1.00 bits per heavy atom. The van der Waals surface area contributed by atoms with Gasteiger partial charge >= 0.3 is 5.97 Å². The van der Waals surface area contributed by atoms with Crippen LogP contribution in [-0.2, 0) is 4.79 Å². The number of nitrogens with one attached hydrogen (secondary N) is 1. The highest BCUT2D eigenvalue weighted by atomic mass is 16.5. The molecule has 0 bridgehead atoms. The fraction of sp³-hybridized carbons (Fsp3) is 0.300. The third-order valence-electron chi connectivity index (χ3n) is 2.94. The Kier molecular flexibility index (Phi) is 7.82. The van der Waals surface area contributed by atoms with Crippen LogP contribution in [0.15, 0.2) is 54.6 Å². The molecule has 5 nitrogen and oxygen atoms in total. The standard InChI is InChI=1S/C14H12O2.C6H14N2O/c1-11-7-9-13(10-8-11)16-14(15)12-5-3-2-4-6-12;1-6(2,3)8-5(9)4-7/h2-10H,1H3;4,7H2,1-3H3,(H,8,9). The van der Waals surface area contributed by atoms with Crippen LogP contribution in [0.5, 0.6) is 5.75 Å². The predicted octanol–water partition coefficient (Wildman–Crippen LogP) is 3.07. The molecular formula is C20H26N2O3. The van der Waals surface area contributed by atoms with Crippen molar-refractivity contribution in [1.29, 1.82) is 0 Å². The Morgan fingerprint density at radius 3 is 2.00 bits per heavy atom. The first-order valence-electron chi connectivity index (χ1n) is 8.06. The highest BCUT2D eigenvalue weighted by Gasteiger charge is 2.11. The molecule has 0 aliphatic carbocycles. The zero-order valence-corrected chi connectivity index (χ0v) is 15.2. The van der Waals surface area contributed by atoms with Gasteiger partial charge in [0.15, 0.2) is 0 Å². The molecule has 0 spiro atoms. The summed E-state index contributed by atoms with van der Waals surface area (Å²) < 4.78 is 5.22. The Labute approximate surface area is 149 Å². The van der Waals surface area contributed by atoms with Crippen molar-refractivity contribution < 1.29 is 14.3 Å². The number of carbonyl (C=O) groups excluding carboxylic acids is 2. The van der Waals surface area contributed by atoms with Crippen LogP contribution >= 0.6 is 0 Å². The van der Waals surface area contributed by atoms with E-state index < -0.39 is 0 Å². The molecule has 0 aromatic heterocycles. The third-order valence-corrected chi connectivity index (χ3v) is 2.94. The van der Waals surface area contributed by atoms with Gasteiger partial charge in [-0.25, -0.2) is 4.79 Å². The van der Waals surface area contributed by atoms with Crippen molar-refractivity contribution in [2.45, 2.75) is 33.2 Å². The van der Waals surface area contributed by atoms with Crippen molar-refractivity contribution in [2.24, 2.45) is 5.73 Å². The molecule has 25 heavy (non-hydrogen) atoms. The van der Waals surface area contributed by atoms with E-state index in [1.807, 2.05) is 58.0 Å². The van der Waals surface area contributed by atoms with Gasteiger partial charge in [0.25, 0.3) is 0 Å². The molecule has 2 aromatic rings. The summed E-state index contributed by atoms with van der Waals surface area (Å²) in [7, 11) is 0. The fourth-order valence-corrected chi connectivity index (χ4v) is 1.82. The molecule has 3 N–H and O–H groups in total. The molecule has 2 rings (SSSR count). The summed E-state index contributed by atoms with van der Waals surface area (Å²) in [6, 6.07) is 16.3. The number of hydrogen-bond donors (Lipinski definition) is 2. The van der Waals surface area contributed by atoms with Gasteiger partial charge in [-0.3, -0.25) is 4.79 Å². The molecular weight excluding hydrogens is 316 g/mol.